The molecule has 0 aromatic heterocycles. The summed E-state index contributed by atoms with van der Waals surface area (Å²) in [5, 5.41) is 0. The van der Waals surface area contributed by atoms with Crippen LogP contribution in [-0.4, -0.2) is 78.9 Å². The summed E-state index contributed by atoms with van der Waals surface area (Å²) in [4.78, 5) is 53.8. The number of nitrogens with zero attached hydrogens (tertiary/aromatic N) is 2. The fourth-order valence-corrected chi connectivity index (χ4v) is 12.5. The van der Waals surface area contributed by atoms with E-state index in [1.54, 1.807) is 0 Å². The van der Waals surface area contributed by atoms with Crippen LogP contribution in [0.1, 0.15) is 11.1 Å². The van der Waals surface area contributed by atoms with Gasteiger partial charge in [-0.1, -0.05) is 0 Å². The van der Waals surface area contributed by atoms with Crippen molar-refractivity contribution in [2.24, 2.45) is 0 Å². The summed E-state index contributed by atoms with van der Waals surface area (Å²) in [5.74, 6) is 6.43. The van der Waals surface area contributed by atoms with Crippen molar-refractivity contribution in [3.8, 4) is 49.4 Å². The topological polar surface area (TPSA) is 93.2 Å². The zero-order valence-electron chi connectivity index (χ0n) is 23.5. The van der Waals surface area contributed by atoms with Crippen molar-refractivity contribution in [1.29, 1.82) is 0 Å². The van der Waals surface area contributed by atoms with Crippen LogP contribution in [-0.2, 0) is 34.2 Å². The first-order chi connectivity index (χ1) is 20.8. The molecule has 0 aliphatic carbocycles. The third-order valence-electron chi connectivity index (χ3n) is 5.68. The molecule has 216 valence electrons. The molecule has 0 unspecified atom stereocenters. The van der Waals surface area contributed by atoms with Gasteiger partial charge in [0.15, 0.2) is 0 Å². The van der Waals surface area contributed by atoms with E-state index in [0.717, 1.165) is 35.4 Å². The van der Waals surface area contributed by atoms with Gasteiger partial charge in [0.25, 0.3) is 0 Å². The predicted molar refractivity (Wildman–Crippen MR) is 165 cm³/mol. The molecule has 43 heavy (non-hydrogen) atoms. The normalized spacial score (nSPS) is 10.5. The third-order valence-corrected chi connectivity index (χ3v) is 14.4. The van der Waals surface area contributed by atoms with E-state index in [2.05, 4.69) is 23.7 Å². The SMILES string of the molecule is C#CCN(CC#C)C(=O)/C=C\C(=O)[O][Sn]([CH2]c1ccccc1)([CH2]c1ccccc1)[O]C(=O)/C=C\C(=O)N(CC#C)CC#C. The van der Waals surface area contributed by atoms with Crippen LogP contribution in [0.4, 0.5) is 0 Å². The van der Waals surface area contributed by atoms with Gasteiger partial charge in [0, 0.05) is 0 Å². The van der Waals surface area contributed by atoms with Gasteiger partial charge in [-0.2, -0.15) is 0 Å². The molecule has 9 heteroatoms. The number of hydrogen-bond acceptors (Lipinski definition) is 6. The molecule has 0 fully saturated rings. The summed E-state index contributed by atoms with van der Waals surface area (Å²) < 4.78 is 12.3. The standard InChI is InChI=1S/2C10H9NO3.2C7H7.Sn/c2*1-3-7-11(8-4-2)9(12)5-6-10(13)14;2*1-7-5-3-2-4-6-7;/h2*1-2,5-6H,7-8H2,(H,13,14);2*2-6H,1H2;/q;;;;+2/p-2/b2*6-5-;;;. The van der Waals surface area contributed by atoms with Gasteiger partial charge in [-0.3, -0.25) is 0 Å². The molecule has 0 heterocycles. The van der Waals surface area contributed by atoms with Crippen molar-refractivity contribution in [2.75, 3.05) is 26.2 Å². The molecule has 0 aliphatic rings. The van der Waals surface area contributed by atoms with Gasteiger partial charge in [0.2, 0.25) is 0 Å². The second-order valence-corrected chi connectivity index (χ2v) is 17.3. The number of amides is 2. The maximum absolute atomic E-state index is 13.1. The molecule has 2 aromatic carbocycles. The molecule has 2 aromatic rings. The van der Waals surface area contributed by atoms with Gasteiger partial charge in [-0.25, -0.2) is 0 Å². The Morgan fingerprint density at radius 1 is 0.581 bits per heavy atom. The molecular weight excluding hydrogens is 651 g/mol. The van der Waals surface area contributed by atoms with Gasteiger partial charge < -0.3 is 0 Å². The summed E-state index contributed by atoms with van der Waals surface area (Å²) in [6.45, 7) is -0.181. The number of carbonyl (C=O) groups is 4. The molecular formula is C34H30N2O6Sn. The molecule has 2 rings (SSSR count). The Labute approximate surface area is 257 Å². The maximum atomic E-state index is 13.1. The summed E-state index contributed by atoms with van der Waals surface area (Å²) in [5.41, 5.74) is 1.55. The van der Waals surface area contributed by atoms with Crippen LogP contribution in [0.5, 0.6) is 0 Å². The van der Waals surface area contributed by atoms with Gasteiger partial charge in [-0.05, 0) is 0 Å². The molecule has 0 atom stereocenters. The number of rotatable bonds is 14. The summed E-state index contributed by atoms with van der Waals surface area (Å²) in [6.07, 6.45) is 25.1. The molecule has 0 saturated carbocycles. The summed E-state index contributed by atoms with van der Waals surface area (Å²) in [7, 11) is 0. The van der Waals surface area contributed by atoms with E-state index in [0.29, 0.717) is 0 Å². The van der Waals surface area contributed by atoms with Crippen molar-refractivity contribution < 1.29 is 25.3 Å². The first-order valence-electron chi connectivity index (χ1n) is 13.0. The Morgan fingerprint density at radius 3 is 1.21 bits per heavy atom. The van der Waals surface area contributed by atoms with E-state index in [4.69, 9.17) is 31.8 Å². The minimum absolute atomic E-state index is 0.0453. The van der Waals surface area contributed by atoms with Crippen LogP contribution in [0.25, 0.3) is 0 Å². The fraction of sp³-hybridized carbons (Fsp3) is 0.176. The van der Waals surface area contributed by atoms with E-state index >= 15 is 0 Å². The van der Waals surface area contributed by atoms with Gasteiger partial charge in [0.1, 0.15) is 0 Å². The van der Waals surface area contributed by atoms with Crippen LogP contribution in [0, 0.1) is 49.4 Å². The Balaban J connectivity index is 2.44. The molecule has 0 radical (unpaired) electrons. The average Bonchev–Trinajstić information content (AvgIpc) is 2.99. The zero-order valence-corrected chi connectivity index (χ0v) is 26.3. The molecule has 0 aliphatic heterocycles. The Hall–Kier alpha value is -5.16. The van der Waals surface area contributed by atoms with Gasteiger partial charge >= 0.3 is 259 Å². The van der Waals surface area contributed by atoms with E-state index < -0.39 is 43.0 Å². The number of carbonyl (C=O) groups excluding carboxylic acids is 4. The van der Waals surface area contributed by atoms with Crippen LogP contribution in [0.15, 0.2) is 85.0 Å². The monoisotopic (exact) mass is 682 g/mol. The first-order valence-corrected chi connectivity index (χ1v) is 19.3. The second kappa shape index (κ2) is 18.3. The van der Waals surface area contributed by atoms with Gasteiger partial charge in [-0.15, -0.1) is 0 Å². The molecule has 0 bridgehead atoms. The number of hydrogen-bond donors (Lipinski definition) is 0. The second-order valence-electron chi connectivity index (χ2n) is 8.95. The van der Waals surface area contributed by atoms with Crippen molar-refractivity contribution >= 4 is 43.0 Å². The number of terminal acetylenes is 4. The summed E-state index contributed by atoms with van der Waals surface area (Å²) >= 11 is -4.85. The van der Waals surface area contributed by atoms with Crippen LogP contribution in [0.3, 0.4) is 0 Å². The van der Waals surface area contributed by atoms with Crippen molar-refractivity contribution in [1.82, 2.24) is 9.80 Å². The van der Waals surface area contributed by atoms with Crippen molar-refractivity contribution in [2.45, 2.75) is 8.87 Å². The fourth-order valence-electron chi connectivity index (χ4n) is 3.83. The zero-order chi connectivity index (χ0) is 31.5. The molecule has 2 amide bonds. The Bertz CT molecular complexity index is 1360. The van der Waals surface area contributed by atoms with E-state index in [1.807, 2.05) is 60.7 Å². The van der Waals surface area contributed by atoms with Crippen LogP contribution >= 0.6 is 0 Å². The van der Waals surface area contributed by atoms with Crippen molar-refractivity contribution in [3.05, 3.63) is 96.1 Å². The molecule has 0 saturated heterocycles. The van der Waals surface area contributed by atoms with E-state index in [9.17, 15) is 19.2 Å². The van der Waals surface area contributed by atoms with Gasteiger partial charge in [0.05, 0.1) is 0 Å². The summed E-state index contributed by atoms with van der Waals surface area (Å²) in [6, 6.07) is 18.2. The Kier molecular flexibility index (Phi) is 14.5. The average molecular weight is 681 g/mol. The molecule has 0 spiro atoms. The Morgan fingerprint density at radius 2 is 0.907 bits per heavy atom. The quantitative estimate of drug-likeness (QED) is 0.173. The first kappa shape index (κ1) is 34.0. The van der Waals surface area contributed by atoms with Crippen molar-refractivity contribution in [3.63, 3.8) is 0 Å². The van der Waals surface area contributed by atoms with E-state index in [1.165, 1.54) is 9.80 Å². The molecule has 8 nitrogen and oxygen atoms in total. The predicted octanol–water partition coefficient (Wildman–Crippen LogP) is 2.38. The molecule has 0 N–H and O–H groups in total. The van der Waals surface area contributed by atoms with Crippen LogP contribution in [0.2, 0.25) is 0 Å². The minimum atomic E-state index is -4.85. The van der Waals surface area contributed by atoms with E-state index in [-0.39, 0.29) is 35.1 Å². The van der Waals surface area contributed by atoms with Crippen LogP contribution < -0.4 is 0 Å². The number of benzene rings is 2. The third kappa shape index (κ3) is 12.1.